The van der Waals surface area contributed by atoms with Crippen LogP contribution in [0.5, 0.6) is 0 Å². The second-order valence-electron chi connectivity index (χ2n) is 6.58. The van der Waals surface area contributed by atoms with Gasteiger partial charge in [0, 0.05) is 0 Å². The van der Waals surface area contributed by atoms with Crippen LogP contribution in [0.1, 0.15) is 33.2 Å². The van der Waals surface area contributed by atoms with Gasteiger partial charge in [0.2, 0.25) is 0 Å². The summed E-state index contributed by atoms with van der Waals surface area (Å²) in [5.41, 5.74) is 2.69. The summed E-state index contributed by atoms with van der Waals surface area (Å²) in [7, 11) is 0. The number of terminal acetylenes is 1. The third-order valence-electron chi connectivity index (χ3n) is 4.80. The van der Waals surface area contributed by atoms with E-state index in [0.717, 1.165) is 21.5 Å². The highest BCUT2D eigenvalue weighted by atomic mass is 32.1. The number of aromatic nitrogens is 1. The molecule has 0 fully saturated rings. The van der Waals surface area contributed by atoms with Crippen molar-refractivity contribution in [1.29, 1.82) is 0 Å². The molecule has 0 N–H and O–H groups in total. The molecule has 0 spiro atoms. The topological polar surface area (TPSA) is 71.7 Å². The van der Waals surface area contributed by atoms with E-state index >= 15 is 0 Å². The number of hydrogen-bond acceptors (Lipinski definition) is 4. The molecule has 0 aliphatic carbocycles. The molecular formula is C22H17N3O3S. The van der Waals surface area contributed by atoms with E-state index in [9.17, 15) is 14.4 Å². The number of rotatable bonds is 4. The van der Waals surface area contributed by atoms with E-state index in [0.29, 0.717) is 15.9 Å². The smallest absolute Gasteiger partial charge is 0.268 e. The van der Waals surface area contributed by atoms with Gasteiger partial charge in [0.25, 0.3) is 17.7 Å². The Labute approximate surface area is 171 Å². The largest absolute Gasteiger partial charge is 0.305 e. The van der Waals surface area contributed by atoms with Crippen LogP contribution >= 0.6 is 11.3 Å². The summed E-state index contributed by atoms with van der Waals surface area (Å²) in [6, 6.07) is 12.6. The van der Waals surface area contributed by atoms with E-state index in [2.05, 4.69) is 23.9 Å². The van der Waals surface area contributed by atoms with Gasteiger partial charge in [-0.3, -0.25) is 19.3 Å². The molecule has 29 heavy (non-hydrogen) atoms. The number of nitrogens with zero attached hydrogens (tertiary/aromatic N) is 3. The molecule has 2 heterocycles. The average molecular weight is 403 g/mol. The van der Waals surface area contributed by atoms with Gasteiger partial charge in [-0.15, -0.1) is 6.42 Å². The molecule has 4 rings (SSSR count). The fraction of sp³-hybridized carbons (Fsp3) is 0.182. The third-order valence-corrected chi connectivity index (χ3v) is 5.84. The highest BCUT2D eigenvalue weighted by Gasteiger charge is 2.36. The fourth-order valence-corrected chi connectivity index (χ4v) is 4.44. The molecular weight excluding hydrogens is 386 g/mol. The number of fused-ring (bicyclic) bond motifs is 2. The molecule has 2 aromatic carbocycles. The van der Waals surface area contributed by atoms with E-state index in [-0.39, 0.29) is 6.54 Å². The number of hydrogen-bond donors (Lipinski definition) is 0. The van der Waals surface area contributed by atoms with Crippen molar-refractivity contribution in [3.8, 4) is 12.3 Å². The highest BCUT2D eigenvalue weighted by Crippen LogP contribution is 2.22. The number of amides is 3. The van der Waals surface area contributed by atoms with E-state index < -0.39 is 24.3 Å². The monoisotopic (exact) mass is 403 g/mol. The first-order valence-electron chi connectivity index (χ1n) is 9.12. The lowest BCUT2D eigenvalue weighted by Crippen LogP contribution is -2.35. The van der Waals surface area contributed by atoms with Crippen LogP contribution in [0.25, 0.3) is 10.2 Å². The van der Waals surface area contributed by atoms with Crippen LogP contribution in [-0.2, 0) is 17.8 Å². The van der Waals surface area contributed by atoms with Gasteiger partial charge in [0.15, 0.2) is 4.80 Å². The molecule has 3 amide bonds. The van der Waals surface area contributed by atoms with E-state index in [1.807, 2.05) is 12.1 Å². The number of benzene rings is 2. The zero-order valence-electron chi connectivity index (χ0n) is 15.7. The third kappa shape index (κ3) is 3.28. The molecule has 0 bridgehead atoms. The molecule has 6 nitrogen and oxygen atoms in total. The molecule has 0 saturated carbocycles. The number of thiazole rings is 1. The van der Waals surface area contributed by atoms with E-state index in [1.54, 1.807) is 28.8 Å². The van der Waals surface area contributed by atoms with Crippen molar-refractivity contribution in [3.05, 3.63) is 64.0 Å². The van der Waals surface area contributed by atoms with Gasteiger partial charge in [-0.1, -0.05) is 42.4 Å². The van der Waals surface area contributed by atoms with Gasteiger partial charge in [-0.2, -0.15) is 4.99 Å². The van der Waals surface area contributed by atoms with Crippen LogP contribution in [0.2, 0.25) is 0 Å². The second-order valence-corrected chi connectivity index (χ2v) is 7.59. The number of carbonyl (C=O) groups excluding carboxylic acids is 3. The summed E-state index contributed by atoms with van der Waals surface area (Å²) in [5.74, 6) is 1.05. The van der Waals surface area contributed by atoms with Crippen LogP contribution < -0.4 is 4.80 Å². The van der Waals surface area contributed by atoms with Crippen LogP contribution in [0.15, 0.2) is 47.5 Å². The van der Waals surface area contributed by atoms with Crippen LogP contribution in [0.3, 0.4) is 0 Å². The predicted octanol–water partition coefficient (Wildman–Crippen LogP) is 2.62. The maximum atomic E-state index is 12.6. The van der Waals surface area contributed by atoms with Crippen molar-refractivity contribution in [2.75, 3.05) is 6.54 Å². The normalized spacial score (nSPS) is 13.8. The predicted molar refractivity (Wildman–Crippen MR) is 110 cm³/mol. The Morgan fingerprint density at radius 1 is 1.14 bits per heavy atom. The molecule has 1 aliphatic rings. The van der Waals surface area contributed by atoms with Crippen molar-refractivity contribution in [2.45, 2.75) is 19.9 Å². The van der Waals surface area contributed by atoms with Gasteiger partial charge < -0.3 is 4.57 Å². The first kappa shape index (κ1) is 18.8. The fourth-order valence-electron chi connectivity index (χ4n) is 3.33. The lowest BCUT2D eigenvalue weighted by atomic mass is 10.1. The van der Waals surface area contributed by atoms with Gasteiger partial charge in [0.1, 0.15) is 6.54 Å². The van der Waals surface area contributed by atoms with Crippen LogP contribution in [-0.4, -0.2) is 33.7 Å². The summed E-state index contributed by atoms with van der Waals surface area (Å²) in [5, 5.41) is 0. The lowest BCUT2D eigenvalue weighted by Gasteiger charge is -2.10. The Hall–Kier alpha value is -3.50. The molecule has 144 valence electrons. The van der Waals surface area contributed by atoms with E-state index in [4.69, 9.17) is 6.42 Å². The van der Waals surface area contributed by atoms with Gasteiger partial charge in [-0.05, 0) is 36.2 Å². The van der Waals surface area contributed by atoms with Crippen molar-refractivity contribution < 1.29 is 14.4 Å². The minimum absolute atomic E-state index is 0.268. The molecule has 0 saturated heterocycles. The molecule has 3 aromatic rings. The van der Waals surface area contributed by atoms with Crippen molar-refractivity contribution in [3.63, 3.8) is 0 Å². The van der Waals surface area contributed by atoms with Crippen molar-refractivity contribution >= 4 is 39.3 Å². The van der Waals surface area contributed by atoms with E-state index in [1.165, 1.54) is 16.9 Å². The number of carbonyl (C=O) groups is 3. The summed E-state index contributed by atoms with van der Waals surface area (Å²) < 4.78 is 2.77. The molecule has 0 unspecified atom stereocenters. The van der Waals surface area contributed by atoms with Gasteiger partial charge in [-0.25, -0.2) is 0 Å². The maximum absolute atomic E-state index is 12.6. The second kappa shape index (κ2) is 7.49. The molecule has 1 aliphatic heterocycles. The van der Waals surface area contributed by atoms with Gasteiger partial charge in [0.05, 0.1) is 27.9 Å². The summed E-state index contributed by atoms with van der Waals surface area (Å²) in [6.45, 7) is 1.93. The van der Waals surface area contributed by atoms with Gasteiger partial charge >= 0.3 is 0 Å². The Morgan fingerprint density at radius 3 is 2.45 bits per heavy atom. The first-order chi connectivity index (χ1) is 14.0. The Morgan fingerprint density at radius 2 is 1.83 bits per heavy atom. The zero-order valence-corrected chi connectivity index (χ0v) is 16.5. The summed E-state index contributed by atoms with van der Waals surface area (Å²) >= 11 is 1.36. The maximum Gasteiger partial charge on any atom is 0.268 e. The Bertz CT molecular complexity index is 1240. The molecule has 0 atom stereocenters. The first-order valence-corrected chi connectivity index (χ1v) is 9.93. The summed E-state index contributed by atoms with van der Waals surface area (Å²) in [6.07, 6.45) is 6.39. The highest BCUT2D eigenvalue weighted by molar-refractivity contribution is 7.16. The quantitative estimate of drug-likeness (QED) is 0.497. The standard InChI is InChI=1S/C22H17N3O3S/c1-3-11-24-17-10-9-14(4-2)12-18(17)29-22(24)23-19(26)13-25-20(27)15-7-5-6-8-16(15)21(25)28/h1,5-10,12H,4,11,13H2,2H3. The summed E-state index contributed by atoms with van der Waals surface area (Å²) in [4.78, 5) is 43.1. The molecule has 7 heteroatoms. The zero-order chi connectivity index (χ0) is 20.5. The van der Waals surface area contributed by atoms with Crippen LogP contribution in [0.4, 0.5) is 0 Å². The number of imide groups is 1. The molecule has 0 radical (unpaired) electrons. The van der Waals surface area contributed by atoms with Crippen molar-refractivity contribution in [1.82, 2.24) is 9.47 Å². The lowest BCUT2D eigenvalue weighted by molar-refractivity contribution is -0.118. The van der Waals surface area contributed by atoms with Crippen molar-refractivity contribution in [2.24, 2.45) is 4.99 Å². The molecule has 1 aromatic heterocycles. The average Bonchev–Trinajstić information content (AvgIpc) is 3.18. The Balaban J connectivity index is 1.68. The minimum Gasteiger partial charge on any atom is -0.305 e. The SMILES string of the molecule is C#CCn1c(=NC(=O)CN2C(=O)c3ccccc3C2=O)sc2cc(CC)ccc21. The minimum atomic E-state index is -0.576. The number of aryl methyl sites for hydroxylation is 1. The van der Waals surface area contributed by atoms with Crippen LogP contribution in [0, 0.1) is 12.3 Å². The Kier molecular flexibility index (Phi) is 4.87.